The minimum atomic E-state index is -0.939. The number of hydrogen-bond acceptors (Lipinski definition) is 3. The smallest absolute Gasteiger partial charge is 0.326 e. The van der Waals surface area contributed by atoms with E-state index in [2.05, 4.69) is 19.2 Å². The molecule has 2 N–H and O–H groups in total. The van der Waals surface area contributed by atoms with Crippen molar-refractivity contribution in [1.82, 2.24) is 10.2 Å². The molecule has 26 heavy (non-hydrogen) atoms. The second-order valence-electron chi connectivity index (χ2n) is 10.0. The predicted molar refractivity (Wildman–Crippen MR) is 97.2 cm³/mol. The molecule has 0 aromatic rings. The molecular weight excluding hydrogens is 332 g/mol. The summed E-state index contributed by atoms with van der Waals surface area (Å²) in [4.78, 5) is 39.3. The molecule has 2 saturated carbocycles. The lowest BCUT2D eigenvalue weighted by molar-refractivity contribution is -0.153. The molecule has 0 aromatic heterocycles. The monoisotopic (exact) mass is 364 g/mol. The maximum atomic E-state index is 13.3. The maximum Gasteiger partial charge on any atom is 0.326 e. The zero-order chi connectivity index (χ0) is 19.4. The van der Waals surface area contributed by atoms with E-state index >= 15 is 0 Å². The molecule has 0 radical (unpaired) electrons. The van der Waals surface area contributed by atoms with Gasteiger partial charge in [0.2, 0.25) is 11.8 Å². The molecule has 0 bridgehead atoms. The molecule has 0 unspecified atom stereocenters. The summed E-state index contributed by atoms with van der Waals surface area (Å²) in [5.74, 6) is -1.03. The van der Waals surface area contributed by atoms with Crippen LogP contribution in [0.4, 0.5) is 0 Å². The summed E-state index contributed by atoms with van der Waals surface area (Å²) in [5, 5.41) is 12.7. The van der Waals surface area contributed by atoms with Gasteiger partial charge in [0, 0.05) is 18.4 Å². The third-order valence-corrected chi connectivity index (χ3v) is 6.87. The van der Waals surface area contributed by atoms with Gasteiger partial charge in [0.15, 0.2) is 0 Å². The number of fused-ring (bicyclic) bond motifs is 1. The quantitative estimate of drug-likeness (QED) is 0.801. The second-order valence-corrected chi connectivity index (χ2v) is 10.0. The van der Waals surface area contributed by atoms with E-state index in [1.165, 1.54) is 4.90 Å². The van der Waals surface area contributed by atoms with E-state index in [1.807, 2.05) is 20.8 Å². The van der Waals surface area contributed by atoms with Crippen molar-refractivity contribution >= 4 is 17.8 Å². The Kier molecular flexibility index (Phi) is 4.60. The molecule has 3 fully saturated rings. The van der Waals surface area contributed by atoms with Gasteiger partial charge in [0.25, 0.3) is 0 Å². The zero-order valence-corrected chi connectivity index (χ0v) is 16.5. The average Bonchev–Trinajstić information content (AvgIpc) is 3.01. The molecule has 0 spiro atoms. The molecule has 3 aliphatic rings. The Bertz CT molecular complexity index is 616. The van der Waals surface area contributed by atoms with Crippen LogP contribution >= 0.6 is 0 Å². The Labute approximate surface area is 155 Å². The van der Waals surface area contributed by atoms with E-state index in [4.69, 9.17) is 0 Å². The number of nitrogens with zero attached hydrogens (tertiary/aromatic N) is 1. The number of piperidine rings is 1. The van der Waals surface area contributed by atoms with Crippen LogP contribution in [0.2, 0.25) is 0 Å². The number of carboxylic acid groups (broad SMARTS) is 1. The van der Waals surface area contributed by atoms with Gasteiger partial charge in [-0.15, -0.1) is 0 Å². The van der Waals surface area contributed by atoms with Crippen molar-refractivity contribution in [1.29, 1.82) is 0 Å². The lowest BCUT2D eigenvalue weighted by Crippen LogP contribution is -2.58. The van der Waals surface area contributed by atoms with Gasteiger partial charge in [-0.05, 0) is 29.6 Å². The molecule has 6 nitrogen and oxygen atoms in total. The van der Waals surface area contributed by atoms with Gasteiger partial charge in [-0.1, -0.05) is 47.5 Å². The van der Waals surface area contributed by atoms with E-state index in [9.17, 15) is 19.5 Å². The fourth-order valence-electron chi connectivity index (χ4n) is 5.06. The Balaban J connectivity index is 1.78. The highest BCUT2D eigenvalue weighted by molar-refractivity contribution is 5.92. The molecule has 0 aromatic carbocycles. The second kappa shape index (κ2) is 6.24. The van der Waals surface area contributed by atoms with Crippen LogP contribution in [0.1, 0.15) is 60.3 Å². The Morgan fingerprint density at radius 2 is 1.73 bits per heavy atom. The van der Waals surface area contributed by atoms with Crippen LogP contribution in [0.25, 0.3) is 0 Å². The maximum absolute atomic E-state index is 13.3. The summed E-state index contributed by atoms with van der Waals surface area (Å²) in [6.45, 7) is 10.4. The van der Waals surface area contributed by atoms with Crippen LogP contribution in [0.15, 0.2) is 0 Å². The molecule has 4 atom stereocenters. The van der Waals surface area contributed by atoms with Crippen LogP contribution in [0, 0.1) is 28.6 Å². The number of nitrogens with one attached hydrogen (secondary N) is 1. The van der Waals surface area contributed by atoms with Crippen molar-refractivity contribution in [2.75, 3.05) is 6.54 Å². The van der Waals surface area contributed by atoms with Gasteiger partial charge >= 0.3 is 5.97 Å². The molecule has 1 saturated heterocycles. The van der Waals surface area contributed by atoms with Crippen LogP contribution < -0.4 is 5.32 Å². The first-order valence-corrected chi connectivity index (χ1v) is 9.80. The highest BCUT2D eigenvalue weighted by Crippen LogP contribution is 2.65. The third kappa shape index (κ3) is 3.12. The molecule has 2 aliphatic carbocycles. The van der Waals surface area contributed by atoms with Gasteiger partial charge < -0.3 is 15.3 Å². The number of carbonyl (C=O) groups excluding carboxylic acids is 2. The minimum absolute atomic E-state index is 0.00935. The summed E-state index contributed by atoms with van der Waals surface area (Å²) in [6.07, 6.45) is 3.85. The molecule has 1 aliphatic heterocycles. The normalized spacial score (nSPS) is 31.4. The Hall–Kier alpha value is -1.59. The summed E-state index contributed by atoms with van der Waals surface area (Å²) < 4.78 is 0. The Morgan fingerprint density at radius 3 is 2.23 bits per heavy atom. The number of aliphatic carboxylic acids is 1. The van der Waals surface area contributed by atoms with E-state index in [-0.39, 0.29) is 35.0 Å². The molecular formula is C20H32N2O4. The highest BCUT2D eigenvalue weighted by Gasteiger charge is 2.70. The average molecular weight is 364 g/mol. The summed E-state index contributed by atoms with van der Waals surface area (Å²) in [5.41, 5.74) is -0.499. The number of likely N-dealkylation sites (tertiary alicyclic amines) is 1. The molecule has 3 rings (SSSR count). The third-order valence-electron chi connectivity index (χ3n) is 6.87. The first-order chi connectivity index (χ1) is 12.0. The summed E-state index contributed by atoms with van der Waals surface area (Å²) in [7, 11) is 0. The van der Waals surface area contributed by atoms with Gasteiger partial charge in [-0.25, -0.2) is 4.79 Å². The van der Waals surface area contributed by atoms with E-state index in [0.717, 1.165) is 25.7 Å². The van der Waals surface area contributed by atoms with Crippen molar-refractivity contribution in [3.05, 3.63) is 0 Å². The SMILES string of the molecule is CC(C)(C)[C@H](NC(=O)C1CCCC1)C(=O)N1C[C@H]2[C@@H]([C@H]1C(=O)O)C2(C)C. The first-order valence-electron chi connectivity index (χ1n) is 9.80. The standard InChI is InChI=1S/C20H32N2O4/c1-19(2,3)15(21-16(23)11-8-6-7-9-11)17(24)22-10-12-13(20(12,4)5)14(22)18(25)26/h11-15H,6-10H2,1-5H3,(H,21,23)(H,25,26)/t12-,13-,14-,15+/m0/s1. The van der Waals surface area contributed by atoms with E-state index in [1.54, 1.807) is 0 Å². The van der Waals surface area contributed by atoms with Crippen molar-refractivity contribution < 1.29 is 19.5 Å². The highest BCUT2D eigenvalue weighted by atomic mass is 16.4. The summed E-state index contributed by atoms with van der Waals surface area (Å²) in [6, 6.07) is -1.48. The van der Waals surface area contributed by atoms with Gasteiger partial charge in [0.05, 0.1) is 0 Å². The number of hydrogen-bond donors (Lipinski definition) is 2. The first kappa shape index (κ1) is 19.2. The Morgan fingerprint density at radius 1 is 1.15 bits per heavy atom. The fraction of sp³-hybridized carbons (Fsp3) is 0.850. The number of carbonyl (C=O) groups is 3. The number of carboxylic acids is 1. The van der Waals surface area contributed by atoms with Crippen molar-refractivity contribution in [2.24, 2.45) is 28.6 Å². The fourth-order valence-corrected chi connectivity index (χ4v) is 5.06. The van der Waals surface area contributed by atoms with Crippen LogP contribution in [-0.4, -0.2) is 46.4 Å². The number of amides is 2. The number of rotatable bonds is 4. The predicted octanol–water partition coefficient (Wildman–Crippen LogP) is 2.28. The van der Waals surface area contributed by atoms with Crippen LogP contribution in [-0.2, 0) is 14.4 Å². The van der Waals surface area contributed by atoms with Gasteiger partial charge in [0.1, 0.15) is 12.1 Å². The van der Waals surface area contributed by atoms with Gasteiger partial charge in [-0.3, -0.25) is 9.59 Å². The lowest BCUT2D eigenvalue weighted by Gasteiger charge is -2.37. The molecule has 2 amide bonds. The molecule has 6 heteroatoms. The van der Waals surface area contributed by atoms with E-state index < -0.39 is 23.5 Å². The lowest BCUT2D eigenvalue weighted by atomic mass is 9.84. The van der Waals surface area contributed by atoms with E-state index in [0.29, 0.717) is 6.54 Å². The van der Waals surface area contributed by atoms with Crippen molar-refractivity contribution in [3.8, 4) is 0 Å². The topological polar surface area (TPSA) is 86.7 Å². The summed E-state index contributed by atoms with van der Waals surface area (Å²) >= 11 is 0. The largest absolute Gasteiger partial charge is 0.480 e. The van der Waals surface area contributed by atoms with Crippen LogP contribution in [0.3, 0.4) is 0 Å². The minimum Gasteiger partial charge on any atom is -0.480 e. The zero-order valence-electron chi connectivity index (χ0n) is 16.5. The van der Waals surface area contributed by atoms with Crippen LogP contribution in [0.5, 0.6) is 0 Å². The molecule has 1 heterocycles. The van der Waals surface area contributed by atoms with Crippen molar-refractivity contribution in [2.45, 2.75) is 72.4 Å². The van der Waals surface area contributed by atoms with Gasteiger partial charge in [-0.2, -0.15) is 0 Å². The van der Waals surface area contributed by atoms with Crippen molar-refractivity contribution in [3.63, 3.8) is 0 Å². The molecule has 146 valence electrons.